The first-order chi connectivity index (χ1) is 38.5. The summed E-state index contributed by atoms with van der Waals surface area (Å²) in [6.07, 6.45) is 89.4. The summed E-state index contributed by atoms with van der Waals surface area (Å²) in [4.78, 5) is 38.4. The van der Waals surface area contributed by atoms with Crippen molar-refractivity contribution in [3.05, 3.63) is 109 Å². The van der Waals surface area contributed by atoms with Gasteiger partial charge in [0.05, 0.1) is 0 Å². The van der Waals surface area contributed by atoms with Gasteiger partial charge < -0.3 is 14.2 Å². The highest BCUT2D eigenvalue weighted by Crippen LogP contribution is 2.16. The molecule has 0 aromatic rings. The van der Waals surface area contributed by atoms with E-state index in [9.17, 15) is 14.4 Å². The first-order valence-corrected chi connectivity index (χ1v) is 32.9. The van der Waals surface area contributed by atoms with E-state index in [1.165, 1.54) is 135 Å². The summed E-state index contributed by atoms with van der Waals surface area (Å²) in [6, 6.07) is 0. The average molecular weight is 1080 g/mol. The van der Waals surface area contributed by atoms with Crippen LogP contribution in [-0.2, 0) is 28.6 Å². The highest BCUT2D eigenvalue weighted by atomic mass is 16.6. The van der Waals surface area contributed by atoms with Gasteiger partial charge in [-0.2, -0.15) is 0 Å². The molecule has 0 rings (SSSR count). The normalized spacial score (nSPS) is 12.8. The Morgan fingerprint density at radius 3 is 0.782 bits per heavy atom. The number of allylic oxidation sites excluding steroid dienone is 18. The Bertz CT molecular complexity index is 1570. The lowest BCUT2D eigenvalue weighted by atomic mass is 10.0. The molecule has 0 heterocycles. The van der Waals surface area contributed by atoms with Crippen LogP contribution in [0.15, 0.2) is 109 Å². The Kier molecular flexibility index (Phi) is 62.3. The van der Waals surface area contributed by atoms with Crippen LogP contribution in [0.3, 0.4) is 0 Å². The first-order valence-electron chi connectivity index (χ1n) is 32.9. The molecule has 0 spiro atoms. The van der Waals surface area contributed by atoms with E-state index < -0.39 is 6.10 Å². The van der Waals surface area contributed by atoms with Gasteiger partial charge in [-0.15, -0.1) is 0 Å². The van der Waals surface area contributed by atoms with Gasteiger partial charge in [0.2, 0.25) is 0 Å². The van der Waals surface area contributed by atoms with E-state index in [-0.39, 0.29) is 31.1 Å². The number of unbranched alkanes of at least 4 members (excludes halogenated alkanes) is 30. The van der Waals surface area contributed by atoms with Crippen LogP contribution >= 0.6 is 0 Å². The largest absolute Gasteiger partial charge is 0.462 e. The maximum Gasteiger partial charge on any atom is 0.306 e. The molecule has 0 N–H and O–H groups in total. The van der Waals surface area contributed by atoms with Crippen molar-refractivity contribution in [2.75, 3.05) is 13.2 Å². The standard InChI is InChI=1S/C72H122O6/c1-4-7-10-13-16-19-22-25-28-30-32-34-35-36-37-39-40-42-44-47-50-53-56-59-62-65-71(74)77-68-69(67-76-70(73)64-61-58-55-52-49-46-27-24-21-18-15-12-9-6-3)78-72(75)66-63-60-57-54-51-48-45-43-41-38-33-31-29-26-23-20-17-14-11-8-5-2/h7,10,16,19,23,25-26,28,31-34,36-37,40-43,69H,4-6,8-9,11-15,17-18,20-22,24,27,29-30,35,38-39,44-68H2,1-3H3/b10-7-,19-16-,26-23-,28-25-,33-31-,34-32-,37-36-,42-40-,43-41-. The quantitative estimate of drug-likeness (QED) is 0.0261. The molecule has 446 valence electrons. The Balaban J connectivity index is 4.41. The van der Waals surface area contributed by atoms with E-state index in [0.717, 1.165) is 135 Å². The van der Waals surface area contributed by atoms with Gasteiger partial charge >= 0.3 is 17.9 Å². The number of ether oxygens (including phenoxy) is 3. The van der Waals surface area contributed by atoms with Crippen LogP contribution in [0, 0.1) is 0 Å². The molecule has 0 aliphatic carbocycles. The summed E-state index contributed by atoms with van der Waals surface area (Å²) in [5.74, 6) is -0.905. The number of carbonyl (C=O) groups excluding carboxylic acids is 3. The lowest BCUT2D eigenvalue weighted by molar-refractivity contribution is -0.167. The maximum absolute atomic E-state index is 12.9. The van der Waals surface area contributed by atoms with Gasteiger partial charge in [-0.25, -0.2) is 0 Å². The molecule has 0 bridgehead atoms. The lowest BCUT2D eigenvalue weighted by Crippen LogP contribution is -2.30. The van der Waals surface area contributed by atoms with Crippen LogP contribution in [0.1, 0.15) is 310 Å². The highest BCUT2D eigenvalue weighted by molar-refractivity contribution is 5.71. The first kappa shape index (κ1) is 74.1. The molecule has 1 unspecified atom stereocenters. The third kappa shape index (κ3) is 62.9. The van der Waals surface area contributed by atoms with Crippen molar-refractivity contribution in [1.29, 1.82) is 0 Å². The molecular weight excluding hydrogens is 961 g/mol. The van der Waals surface area contributed by atoms with Gasteiger partial charge in [0, 0.05) is 19.3 Å². The summed E-state index contributed by atoms with van der Waals surface area (Å²) in [6.45, 7) is 6.52. The van der Waals surface area contributed by atoms with E-state index in [1.807, 2.05) is 0 Å². The molecule has 0 aromatic heterocycles. The smallest absolute Gasteiger partial charge is 0.306 e. The minimum atomic E-state index is -0.793. The Morgan fingerprint density at radius 1 is 0.269 bits per heavy atom. The van der Waals surface area contributed by atoms with Gasteiger partial charge in [-0.1, -0.05) is 291 Å². The predicted molar refractivity (Wildman–Crippen MR) is 339 cm³/mol. The Labute approximate surface area is 482 Å². The Hall–Kier alpha value is -3.93. The topological polar surface area (TPSA) is 78.9 Å². The zero-order chi connectivity index (χ0) is 56.4. The molecular formula is C72H122O6. The van der Waals surface area contributed by atoms with Gasteiger partial charge in [0.25, 0.3) is 0 Å². The van der Waals surface area contributed by atoms with Crippen LogP contribution in [-0.4, -0.2) is 37.2 Å². The zero-order valence-corrected chi connectivity index (χ0v) is 51.2. The highest BCUT2D eigenvalue weighted by Gasteiger charge is 2.19. The molecule has 0 aromatic carbocycles. The van der Waals surface area contributed by atoms with E-state index in [1.54, 1.807) is 0 Å². The predicted octanol–water partition coefficient (Wildman–Crippen LogP) is 22.6. The number of hydrogen-bond acceptors (Lipinski definition) is 6. The fourth-order valence-corrected chi connectivity index (χ4v) is 9.10. The second kappa shape index (κ2) is 65.6. The molecule has 0 saturated carbocycles. The van der Waals surface area contributed by atoms with Crippen LogP contribution < -0.4 is 0 Å². The van der Waals surface area contributed by atoms with Crippen molar-refractivity contribution in [3.63, 3.8) is 0 Å². The van der Waals surface area contributed by atoms with Crippen molar-refractivity contribution in [2.24, 2.45) is 0 Å². The SMILES string of the molecule is CC/C=C\C/C=C\C/C=C\C/C=C\C/C=C\C/C=C\CCCCCCCCC(=O)OCC(COC(=O)CCCCCCCCCCCCCCCC)OC(=O)CCCCCCCC/C=C\C/C=C\C/C=C\CCCCCCC. The molecule has 78 heavy (non-hydrogen) atoms. The van der Waals surface area contributed by atoms with Crippen LogP contribution in [0.5, 0.6) is 0 Å². The van der Waals surface area contributed by atoms with E-state index >= 15 is 0 Å². The average Bonchev–Trinajstić information content (AvgIpc) is 3.44. The van der Waals surface area contributed by atoms with Crippen molar-refractivity contribution >= 4 is 17.9 Å². The summed E-state index contributed by atoms with van der Waals surface area (Å²) in [5, 5.41) is 0. The van der Waals surface area contributed by atoms with Crippen LogP contribution in [0.2, 0.25) is 0 Å². The number of carbonyl (C=O) groups is 3. The fourth-order valence-electron chi connectivity index (χ4n) is 9.10. The van der Waals surface area contributed by atoms with Gasteiger partial charge in [0.1, 0.15) is 13.2 Å². The summed E-state index contributed by atoms with van der Waals surface area (Å²) in [5.41, 5.74) is 0. The second-order valence-corrected chi connectivity index (χ2v) is 21.6. The lowest BCUT2D eigenvalue weighted by Gasteiger charge is -2.18. The van der Waals surface area contributed by atoms with E-state index in [4.69, 9.17) is 14.2 Å². The summed E-state index contributed by atoms with van der Waals surface area (Å²) in [7, 11) is 0. The third-order valence-corrected chi connectivity index (χ3v) is 14.0. The van der Waals surface area contributed by atoms with Gasteiger partial charge in [-0.3, -0.25) is 14.4 Å². The van der Waals surface area contributed by atoms with Crippen molar-refractivity contribution in [2.45, 2.75) is 316 Å². The third-order valence-electron chi connectivity index (χ3n) is 14.0. The molecule has 6 heteroatoms. The molecule has 0 fully saturated rings. The molecule has 0 radical (unpaired) electrons. The minimum absolute atomic E-state index is 0.0869. The zero-order valence-electron chi connectivity index (χ0n) is 51.2. The minimum Gasteiger partial charge on any atom is -0.462 e. The molecule has 6 nitrogen and oxygen atoms in total. The number of hydrogen-bond donors (Lipinski definition) is 0. The van der Waals surface area contributed by atoms with Crippen molar-refractivity contribution < 1.29 is 28.6 Å². The summed E-state index contributed by atoms with van der Waals surface area (Å²) < 4.78 is 16.9. The van der Waals surface area contributed by atoms with Gasteiger partial charge in [0.15, 0.2) is 6.10 Å². The maximum atomic E-state index is 12.9. The summed E-state index contributed by atoms with van der Waals surface area (Å²) >= 11 is 0. The Morgan fingerprint density at radius 2 is 0.500 bits per heavy atom. The number of esters is 3. The van der Waals surface area contributed by atoms with E-state index in [2.05, 4.69) is 130 Å². The number of rotatable bonds is 59. The molecule has 0 saturated heterocycles. The molecule has 0 amide bonds. The molecule has 0 aliphatic rings. The van der Waals surface area contributed by atoms with Crippen molar-refractivity contribution in [3.8, 4) is 0 Å². The van der Waals surface area contributed by atoms with Gasteiger partial charge in [-0.05, 0) is 109 Å². The van der Waals surface area contributed by atoms with E-state index in [0.29, 0.717) is 19.3 Å². The monoisotopic (exact) mass is 1080 g/mol. The fraction of sp³-hybridized carbons (Fsp3) is 0.708. The van der Waals surface area contributed by atoms with Crippen LogP contribution in [0.25, 0.3) is 0 Å². The molecule has 0 aliphatic heterocycles. The van der Waals surface area contributed by atoms with Crippen LogP contribution in [0.4, 0.5) is 0 Å². The second-order valence-electron chi connectivity index (χ2n) is 21.6. The van der Waals surface area contributed by atoms with Crippen molar-refractivity contribution in [1.82, 2.24) is 0 Å². The molecule has 1 atom stereocenters.